The maximum absolute atomic E-state index is 12.1. The average molecular weight is 423 g/mol. The van der Waals surface area contributed by atoms with Crippen molar-refractivity contribution in [3.05, 3.63) is 59.1 Å². The van der Waals surface area contributed by atoms with E-state index in [0.717, 1.165) is 11.3 Å². The lowest BCUT2D eigenvalue weighted by Crippen LogP contribution is -2.47. The van der Waals surface area contributed by atoms with Crippen LogP contribution in [0.1, 0.15) is 19.4 Å². The summed E-state index contributed by atoms with van der Waals surface area (Å²) in [4.78, 5) is 23.9. The van der Waals surface area contributed by atoms with Crippen LogP contribution in [0, 0.1) is 0 Å². The molecule has 0 aliphatic rings. The van der Waals surface area contributed by atoms with Gasteiger partial charge in [0.25, 0.3) is 5.91 Å². The van der Waals surface area contributed by atoms with E-state index in [2.05, 4.69) is 10.9 Å². The number of carbonyl (C=O) groups excluding carboxylic acids is 2. The SMILES string of the molecule is CCOc1ccc(O[C@@H](C)C(=O)NNC(=O)CSCc2cccc(Cl)c2)cc1. The number of hydrazine groups is 1. The molecule has 28 heavy (non-hydrogen) atoms. The largest absolute Gasteiger partial charge is 0.494 e. The number of nitrogens with one attached hydrogen (secondary N) is 2. The summed E-state index contributed by atoms with van der Waals surface area (Å²) in [6.45, 7) is 4.09. The molecule has 0 fully saturated rings. The molecule has 6 nitrogen and oxygen atoms in total. The van der Waals surface area contributed by atoms with Crippen molar-refractivity contribution in [2.75, 3.05) is 12.4 Å². The number of hydrogen-bond acceptors (Lipinski definition) is 5. The Morgan fingerprint density at radius 3 is 2.50 bits per heavy atom. The van der Waals surface area contributed by atoms with Gasteiger partial charge in [0.1, 0.15) is 11.5 Å². The standard InChI is InChI=1S/C20H23ClN2O4S/c1-3-26-17-7-9-18(10-8-17)27-14(2)20(25)23-22-19(24)13-28-12-15-5-4-6-16(21)11-15/h4-11,14H,3,12-13H2,1-2H3,(H,22,24)(H,23,25)/t14-/m0/s1. The molecule has 0 aliphatic carbocycles. The Kier molecular flexibility index (Phi) is 8.97. The zero-order valence-corrected chi connectivity index (χ0v) is 17.3. The number of halogens is 1. The summed E-state index contributed by atoms with van der Waals surface area (Å²) in [5, 5.41) is 0.663. The molecule has 2 aromatic rings. The molecule has 0 saturated heterocycles. The van der Waals surface area contributed by atoms with Gasteiger partial charge < -0.3 is 9.47 Å². The highest BCUT2D eigenvalue weighted by Gasteiger charge is 2.15. The van der Waals surface area contributed by atoms with Crippen molar-refractivity contribution in [2.24, 2.45) is 0 Å². The van der Waals surface area contributed by atoms with Gasteiger partial charge in [-0.15, -0.1) is 11.8 Å². The second kappa shape index (κ2) is 11.5. The van der Waals surface area contributed by atoms with Gasteiger partial charge in [0.05, 0.1) is 12.4 Å². The molecule has 2 amide bonds. The van der Waals surface area contributed by atoms with Crippen molar-refractivity contribution in [1.29, 1.82) is 0 Å². The van der Waals surface area contributed by atoms with Crippen molar-refractivity contribution in [2.45, 2.75) is 25.7 Å². The Labute approximate surface area is 173 Å². The molecule has 150 valence electrons. The van der Waals surface area contributed by atoms with Crippen LogP contribution in [-0.2, 0) is 15.3 Å². The van der Waals surface area contributed by atoms with Crippen molar-refractivity contribution in [1.82, 2.24) is 10.9 Å². The van der Waals surface area contributed by atoms with Crippen molar-refractivity contribution in [3.8, 4) is 11.5 Å². The second-order valence-corrected chi connectivity index (χ2v) is 7.25. The molecule has 0 saturated carbocycles. The predicted octanol–water partition coefficient (Wildman–Crippen LogP) is 3.59. The molecule has 0 radical (unpaired) electrons. The van der Waals surface area contributed by atoms with Crippen LogP contribution in [0.15, 0.2) is 48.5 Å². The molecule has 8 heteroatoms. The predicted molar refractivity (Wildman–Crippen MR) is 112 cm³/mol. The van der Waals surface area contributed by atoms with E-state index in [1.54, 1.807) is 37.3 Å². The van der Waals surface area contributed by atoms with Crippen molar-refractivity contribution < 1.29 is 19.1 Å². The third-order valence-electron chi connectivity index (χ3n) is 3.53. The van der Waals surface area contributed by atoms with Gasteiger partial charge in [-0.1, -0.05) is 23.7 Å². The van der Waals surface area contributed by atoms with Gasteiger partial charge in [0, 0.05) is 10.8 Å². The van der Waals surface area contributed by atoms with E-state index >= 15 is 0 Å². The quantitative estimate of drug-likeness (QED) is 0.604. The summed E-state index contributed by atoms with van der Waals surface area (Å²) in [6, 6.07) is 14.4. The third kappa shape index (κ3) is 7.70. The lowest BCUT2D eigenvalue weighted by molar-refractivity contribution is -0.131. The second-order valence-electron chi connectivity index (χ2n) is 5.82. The van der Waals surface area contributed by atoms with Gasteiger partial charge in [0.15, 0.2) is 6.10 Å². The highest BCUT2D eigenvalue weighted by molar-refractivity contribution is 7.99. The molecule has 2 N–H and O–H groups in total. The van der Waals surface area contributed by atoms with Crippen molar-refractivity contribution in [3.63, 3.8) is 0 Å². The number of hydrogen-bond donors (Lipinski definition) is 2. The highest BCUT2D eigenvalue weighted by atomic mass is 35.5. The zero-order chi connectivity index (χ0) is 20.4. The van der Waals surface area contributed by atoms with Crippen LogP contribution in [0.2, 0.25) is 5.02 Å². The lowest BCUT2D eigenvalue weighted by Gasteiger charge is -2.15. The van der Waals surface area contributed by atoms with Crippen LogP contribution in [-0.4, -0.2) is 30.3 Å². The van der Waals surface area contributed by atoms with Crippen LogP contribution >= 0.6 is 23.4 Å². The Morgan fingerprint density at radius 1 is 1.11 bits per heavy atom. The Morgan fingerprint density at radius 2 is 1.82 bits per heavy atom. The summed E-state index contributed by atoms with van der Waals surface area (Å²) in [5.41, 5.74) is 5.79. The van der Waals surface area contributed by atoms with Crippen LogP contribution in [0.5, 0.6) is 11.5 Å². The van der Waals surface area contributed by atoms with Gasteiger partial charge in [-0.25, -0.2) is 0 Å². The maximum atomic E-state index is 12.1. The zero-order valence-electron chi connectivity index (χ0n) is 15.7. The first kappa shape index (κ1) is 21.9. The summed E-state index contributed by atoms with van der Waals surface area (Å²) in [5.74, 6) is 1.39. The first-order valence-corrected chi connectivity index (χ1v) is 10.3. The van der Waals surface area contributed by atoms with Crippen LogP contribution in [0.3, 0.4) is 0 Å². The maximum Gasteiger partial charge on any atom is 0.279 e. The molecule has 0 heterocycles. The normalized spacial score (nSPS) is 11.4. The summed E-state index contributed by atoms with van der Waals surface area (Å²) < 4.78 is 10.9. The third-order valence-corrected chi connectivity index (χ3v) is 4.77. The lowest BCUT2D eigenvalue weighted by atomic mass is 10.2. The van der Waals surface area contributed by atoms with E-state index in [9.17, 15) is 9.59 Å². The minimum absolute atomic E-state index is 0.209. The number of thioether (sulfide) groups is 1. The molecule has 0 aromatic heterocycles. The van der Waals surface area contributed by atoms with Gasteiger partial charge in [-0.2, -0.15) is 0 Å². The molecule has 2 rings (SSSR count). The van der Waals surface area contributed by atoms with Crippen LogP contribution < -0.4 is 20.3 Å². The molecular formula is C20H23ClN2O4S. The Balaban J connectivity index is 1.67. The van der Waals surface area contributed by atoms with E-state index in [4.69, 9.17) is 21.1 Å². The van der Waals surface area contributed by atoms with Crippen LogP contribution in [0.25, 0.3) is 0 Å². The number of ether oxygens (including phenoxy) is 2. The Bertz CT molecular complexity index is 786. The van der Waals surface area contributed by atoms with Gasteiger partial charge in [-0.3, -0.25) is 20.4 Å². The minimum Gasteiger partial charge on any atom is -0.494 e. The monoisotopic (exact) mass is 422 g/mol. The van der Waals surface area contributed by atoms with Gasteiger partial charge in [-0.05, 0) is 55.8 Å². The topological polar surface area (TPSA) is 76.7 Å². The molecular weight excluding hydrogens is 400 g/mol. The smallest absolute Gasteiger partial charge is 0.279 e. The summed E-state index contributed by atoms with van der Waals surface area (Å²) in [6.07, 6.45) is -0.766. The highest BCUT2D eigenvalue weighted by Crippen LogP contribution is 2.19. The van der Waals surface area contributed by atoms with E-state index in [-0.39, 0.29) is 11.7 Å². The van der Waals surface area contributed by atoms with Crippen LogP contribution in [0.4, 0.5) is 0 Å². The number of amides is 2. The van der Waals surface area contributed by atoms with Crippen molar-refractivity contribution >= 4 is 35.2 Å². The number of benzene rings is 2. The first-order chi connectivity index (χ1) is 13.5. The molecule has 1 atom stereocenters. The fourth-order valence-corrected chi connectivity index (χ4v) is 3.18. The van der Waals surface area contributed by atoms with Gasteiger partial charge in [0.2, 0.25) is 5.91 Å². The van der Waals surface area contributed by atoms with E-state index in [0.29, 0.717) is 23.1 Å². The molecule has 0 spiro atoms. The van der Waals surface area contributed by atoms with E-state index in [1.165, 1.54) is 11.8 Å². The Hall–Kier alpha value is -2.38. The number of rotatable bonds is 9. The number of carbonyl (C=O) groups is 2. The first-order valence-electron chi connectivity index (χ1n) is 8.78. The summed E-state index contributed by atoms with van der Waals surface area (Å²) >= 11 is 7.35. The average Bonchev–Trinajstić information content (AvgIpc) is 2.68. The van der Waals surface area contributed by atoms with E-state index < -0.39 is 12.0 Å². The van der Waals surface area contributed by atoms with E-state index in [1.807, 2.05) is 25.1 Å². The van der Waals surface area contributed by atoms with Gasteiger partial charge >= 0.3 is 0 Å². The summed E-state index contributed by atoms with van der Waals surface area (Å²) in [7, 11) is 0. The fraction of sp³-hybridized carbons (Fsp3) is 0.300. The fourth-order valence-electron chi connectivity index (χ4n) is 2.20. The molecule has 0 unspecified atom stereocenters. The minimum atomic E-state index is -0.766. The molecule has 0 bridgehead atoms. The molecule has 0 aliphatic heterocycles. The molecule has 2 aromatic carbocycles.